The molecule has 1 heterocycles. The summed E-state index contributed by atoms with van der Waals surface area (Å²) >= 11 is 9.19. The summed E-state index contributed by atoms with van der Waals surface area (Å²) in [6, 6.07) is 0. The zero-order valence-electron chi connectivity index (χ0n) is 5.71. The van der Waals surface area contributed by atoms with Crippen molar-refractivity contribution in [3.8, 4) is 0 Å². The minimum atomic E-state index is -0.421. The molecule has 11 heavy (non-hydrogen) atoms. The molecule has 0 aliphatic carbocycles. The number of halogens is 1. The Morgan fingerprint density at radius 2 is 2.36 bits per heavy atom. The molecule has 0 saturated heterocycles. The molecule has 0 aliphatic heterocycles. The van der Waals surface area contributed by atoms with E-state index in [4.69, 9.17) is 11.6 Å². The molecule has 1 aromatic heterocycles. The number of aryl methyl sites for hydroxylation is 1. The summed E-state index contributed by atoms with van der Waals surface area (Å²) in [5, 5.41) is -0.271. The summed E-state index contributed by atoms with van der Waals surface area (Å²) in [5.74, 6) is 0.535. The van der Waals surface area contributed by atoms with Crippen LogP contribution in [0.3, 0.4) is 0 Å². The third-order valence-electron chi connectivity index (χ3n) is 1.09. The van der Waals surface area contributed by atoms with Crippen LogP contribution in [0.2, 0.25) is 5.15 Å². The number of hydrogen-bond donors (Lipinski definition) is 1. The predicted molar refractivity (Wildman–Crippen MR) is 45.1 cm³/mol. The molecule has 0 N–H and O–H groups in total. The number of hydrogen-bond acceptors (Lipinski definition) is 3. The van der Waals surface area contributed by atoms with Gasteiger partial charge >= 0.3 is 0 Å². The number of rotatable bonds is 1. The second-order valence-electron chi connectivity index (χ2n) is 1.93. The lowest BCUT2D eigenvalue weighted by atomic mass is 10.4. The minimum Gasteiger partial charge on any atom is -0.282 e. The molecule has 0 saturated carbocycles. The molecule has 0 spiro atoms. The standard InChI is InChI=1S/C6H5ClN2OS/c1-3-8-2-4(6(10)11)5(7)9-3/h2H,1H3,(H,10,11). The molecule has 0 aliphatic rings. The van der Waals surface area contributed by atoms with E-state index in [-0.39, 0.29) is 10.7 Å². The maximum Gasteiger partial charge on any atom is 0.221 e. The first-order valence-electron chi connectivity index (χ1n) is 2.83. The summed E-state index contributed by atoms with van der Waals surface area (Å²) in [5.41, 5.74) is 0.237. The predicted octanol–water partition coefficient (Wildman–Crippen LogP) is 1.51. The molecule has 0 bridgehead atoms. The van der Waals surface area contributed by atoms with Crippen LogP contribution in [0, 0.1) is 6.92 Å². The fourth-order valence-corrected chi connectivity index (χ4v) is 1.07. The van der Waals surface area contributed by atoms with Gasteiger partial charge in [0.25, 0.3) is 0 Å². The van der Waals surface area contributed by atoms with Crippen molar-refractivity contribution in [2.45, 2.75) is 6.92 Å². The van der Waals surface area contributed by atoms with E-state index in [0.717, 1.165) is 0 Å². The van der Waals surface area contributed by atoms with E-state index in [1.807, 2.05) is 0 Å². The third kappa shape index (κ3) is 1.91. The van der Waals surface area contributed by atoms with E-state index in [1.165, 1.54) is 6.20 Å². The Bertz CT molecular complexity index is 303. The highest BCUT2D eigenvalue weighted by Crippen LogP contribution is 2.13. The van der Waals surface area contributed by atoms with Crippen molar-refractivity contribution in [1.82, 2.24) is 9.97 Å². The average Bonchev–Trinajstić information content (AvgIpc) is 1.85. The number of carbonyl (C=O) groups is 1. The molecule has 0 amide bonds. The van der Waals surface area contributed by atoms with E-state index in [2.05, 4.69) is 22.6 Å². The molecular formula is C6H5ClN2OS. The molecule has 3 nitrogen and oxygen atoms in total. The van der Waals surface area contributed by atoms with Crippen molar-refractivity contribution in [3.63, 3.8) is 0 Å². The van der Waals surface area contributed by atoms with Crippen LogP contribution in [0.5, 0.6) is 0 Å². The fourth-order valence-electron chi connectivity index (χ4n) is 0.586. The first-order chi connectivity index (χ1) is 5.11. The van der Waals surface area contributed by atoms with Gasteiger partial charge in [0, 0.05) is 6.20 Å². The van der Waals surface area contributed by atoms with Gasteiger partial charge in [0.2, 0.25) is 5.12 Å². The van der Waals surface area contributed by atoms with Crippen LogP contribution in [0.4, 0.5) is 0 Å². The van der Waals surface area contributed by atoms with Gasteiger partial charge in [0.1, 0.15) is 11.0 Å². The highest BCUT2D eigenvalue weighted by molar-refractivity contribution is 7.97. The third-order valence-corrected chi connectivity index (χ3v) is 1.62. The van der Waals surface area contributed by atoms with Crippen LogP contribution in [-0.4, -0.2) is 15.1 Å². The lowest BCUT2D eigenvalue weighted by Crippen LogP contribution is -1.96. The van der Waals surface area contributed by atoms with Gasteiger partial charge in [-0.05, 0) is 6.92 Å². The Morgan fingerprint density at radius 3 is 2.82 bits per heavy atom. The molecule has 0 unspecified atom stereocenters. The Morgan fingerprint density at radius 1 is 1.73 bits per heavy atom. The lowest BCUT2D eigenvalue weighted by Gasteiger charge is -1.96. The summed E-state index contributed by atoms with van der Waals surface area (Å²) in [4.78, 5) is 18.3. The molecular weight excluding hydrogens is 184 g/mol. The highest BCUT2D eigenvalue weighted by atomic mass is 35.5. The van der Waals surface area contributed by atoms with Gasteiger partial charge in [-0.15, -0.1) is 12.6 Å². The number of nitrogens with zero attached hydrogens (tertiary/aromatic N) is 2. The van der Waals surface area contributed by atoms with E-state index in [9.17, 15) is 4.79 Å². The molecule has 58 valence electrons. The largest absolute Gasteiger partial charge is 0.282 e. The average molecular weight is 189 g/mol. The normalized spacial score (nSPS) is 9.73. The van der Waals surface area contributed by atoms with Gasteiger partial charge in [-0.1, -0.05) is 11.6 Å². The maximum absolute atomic E-state index is 10.7. The van der Waals surface area contributed by atoms with E-state index < -0.39 is 5.12 Å². The zero-order valence-corrected chi connectivity index (χ0v) is 7.36. The van der Waals surface area contributed by atoms with Crippen LogP contribution >= 0.6 is 24.2 Å². The van der Waals surface area contributed by atoms with E-state index in [0.29, 0.717) is 5.82 Å². The number of carbonyl (C=O) groups excluding carboxylic acids is 1. The fraction of sp³-hybridized carbons (Fsp3) is 0.167. The Kier molecular flexibility index (Phi) is 2.46. The van der Waals surface area contributed by atoms with E-state index >= 15 is 0 Å². The monoisotopic (exact) mass is 188 g/mol. The van der Waals surface area contributed by atoms with Crippen LogP contribution in [0.15, 0.2) is 6.20 Å². The van der Waals surface area contributed by atoms with Crippen molar-refractivity contribution in [2.24, 2.45) is 0 Å². The van der Waals surface area contributed by atoms with Gasteiger partial charge in [0.15, 0.2) is 0 Å². The topological polar surface area (TPSA) is 42.9 Å². The summed E-state index contributed by atoms with van der Waals surface area (Å²) in [6.45, 7) is 1.69. The molecule has 0 fully saturated rings. The zero-order chi connectivity index (χ0) is 8.43. The van der Waals surface area contributed by atoms with Gasteiger partial charge in [-0.25, -0.2) is 9.97 Å². The van der Waals surface area contributed by atoms with Gasteiger partial charge in [0.05, 0.1) is 5.56 Å². The first-order valence-corrected chi connectivity index (χ1v) is 3.66. The van der Waals surface area contributed by atoms with Crippen LogP contribution in [-0.2, 0) is 0 Å². The Labute approximate surface area is 74.2 Å². The van der Waals surface area contributed by atoms with Crippen LogP contribution < -0.4 is 0 Å². The van der Waals surface area contributed by atoms with Gasteiger partial charge < -0.3 is 0 Å². The van der Waals surface area contributed by atoms with Crippen molar-refractivity contribution in [2.75, 3.05) is 0 Å². The first kappa shape index (κ1) is 8.49. The highest BCUT2D eigenvalue weighted by Gasteiger charge is 2.07. The van der Waals surface area contributed by atoms with E-state index in [1.54, 1.807) is 6.92 Å². The maximum atomic E-state index is 10.7. The SMILES string of the molecule is Cc1ncc(C(=O)S)c(Cl)n1. The molecule has 0 atom stereocenters. The van der Waals surface area contributed by atoms with Gasteiger partial charge in [-0.3, -0.25) is 4.79 Å². The molecule has 0 radical (unpaired) electrons. The Balaban J connectivity index is 3.20. The minimum absolute atomic E-state index is 0.150. The summed E-state index contributed by atoms with van der Waals surface area (Å²) < 4.78 is 0. The number of thiol groups is 1. The number of aromatic nitrogens is 2. The second-order valence-corrected chi connectivity index (χ2v) is 2.69. The van der Waals surface area contributed by atoms with Crippen molar-refractivity contribution in [1.29, 1.82) is 0 Å². The molecule has 1 aromatic rings. The summed E-state index contributed by atoms with van der Waals surface area (Å²) in [7, 11) is 0. The van der Waals surface area contributed by atoms with Crippen LogP contribution in [0.1, 0.15) is 16.2 Å². The Hall–Kier alpha value is -0.610. The van der Waals surface area contributed by atoms with Crippen LogP contribution in [0.25, 0.3) is 0 Å². The summed E-state index contributed by atoms with van der Waals surface area (Å²) in [6.07, 6.45) is 1.36. The molecule has 0 aromatic carbocycles. The van der Waals surface area contributed by atoms with Crippen molar-refractivity contribution >= 4 is 29.3 Å². The smallest absolute Gasteiger partial charge is 0.221 e. The van der Waals surface area contributed by atoms with Crippen molar-refractivity contribution < 1.29 is 4.79 Å². The van der Waals surface area contributed by atoms with Gasteiger partial charge in [-0.2, -0.15) is 0 Å². The molecule has 5 heteroatoms. The quantitative estimate of drug-likeness (QED) is 0.537. The molecule has 1 rings (SSSR count). The van der Waals surface area contributed by atoms with Crippen molar-refractivity contribution in [3.05, 3.63) is 22.7 Å². The second kappa shape index (κ2) is 3.19. The lowest BCUT2D eigenvalue weighted by molar-refractivity contribution is 0.109.